The summed E-state index contributed by atoms with van der Waals surface area (Å²) in [6.45, 7) is 2.55. The van der Waals surface area contributed by atoms with Crippen LogP contribution in [-0.4, -0.2) is 42.4 Å². The van der Waals surface area contributed by atoms with Crippen molar-refractivity contribution < 1.29 is 9.21 Å². The van der Waals surface area contributed by atoms with Gasteiger partial charge in [-0.25, -0.2) is 0 Å². The molecule has 3 aromatic rings. The topological polar surface area (TPSA) is 36.7 Å². The van der Waals surface area contributed by atoms with Crippen LogP contribution in [0.15, 0.2) is 77.2 Å². The Bertz CT molecular complexity index is 905. The zero-order valence-corrected chi connectivity index (χ0v) is 16.3. The Morgan fingerprint density at radius 2 is 1.68 bits per heavy atom. The summed E-state index contributed by atoms with van der Waals surface area (Å²) >= 11 is 0. The van der Waals surface area contributed by atoms with E-state index >= 15 is 0 Å². The minimum absolute atomic E-state index is 0.115. The summed E-state index contributed by atoms with van der Waals surface area (Å²) in [7, 11) is 2.12. The highest BCUT2D eigenvalue weighted by Gasteiger charge is 2.29. The average molecular weight is 374 g/mol. The van der Waals surface area contributed by atoms with Crippen LogP contribution in [0.4, 0.5) is 0 Å². The smallest absolute Gasteiger partial charge is 0.223 e. The average Bonchev–Trinajstić information content (AvgIpc) is 3.22. The number of piperazine rings is 1. The third-order valence-electron chi connectivity index (χ3n) is 5.39. The van der Waals surface area contributed by atoms with Crippen LogP contribution in [0.2, 0.25) is 0 Å². The molecule has 1 aliphatic rings. The number of carbonyl (C=O) groups excluding carboxylic acids is 1. The molecule has 1 aromatic heterocycles. The normalized spacial score (nSPS) is 17.6. The molecule has 1 fully saturated rings. The summed E-state index contributed by atoms with van der Waals surface area (Å²) in [6, 6.07) is 24.5. The molecular weight excluding hydrogens is 348 g/mol. The number of rotatable bonds is 5. The highest BCUT2D eigenvalue weighted by atomic mass is 16.3. The number of nitrogens with zero attached hydrogens (tertiary/aromatic N) is 2. The molecule has 2 aromatic carbocycles. The van der Waals surface area contributed by atoms with E-state index in [1.54, 1.807) is 0 Å². The lowest BCUT2D eigenvalue weighted by molar-refractivity contribution is -0.136. The van der Waals surface area contributed by atoms with Gasteiger partial charge in [0, 0.05) is 38.0 Å². The van der Waals surface area contributed by atoms with Gasteiger partial charge in [0.25, 0.3) is 0 Å². The van der Waals surface area contributed by atoms with Crippen molar-refractivity contribution in [3.8, 4) is 11.3 Å². The molecular formula is C24H26N2O2. The molecule has 1 atom stereocenters. The summed E-state index contributed by atoms with van der Waals surface area (Å²) in [5.74, 6) is 1.90. The van der Waals surface area contributed by atoms with Gasteiger partial charge >= 0.3 is 0 Å². The standard InChI is InChI=1S/C24H26N2O2/c1-25-16-17-26(22(18-25)19-8-4-2-5-9-19)24(27)15-13-21-12-14-23(28-21)20-10-6-3-7-11-20/h2-12,14,22H,13,15-18H2,1H3/t22-/m1/s1. The number of hydrogen-bond acceptors (Lipinski definition) is 3. The van der Waals surface area contributed by atoms with Crippen LogP contribution in [0.1, 0.15) is 23.8 Å². The van der Waals surface area contributed by atoms with Crippen molar-refractivity contribution >= 4 is 5.91 Å². The highest BCUT2D eigenvalue weighted by molar-refractivity contribution is 5.77. The molecule has 2 heterocycles. The molecule has 0 aliphatic carbocycles. The second-order valence-electron chi connectivity index (χ2n) is 7.41. The van der Waals surface area contributed by atoms with E-state index < -0.39 is 0 Å². The van der Waals surface area contributed by atoms with E-state index in [-0.39, 0.29) is 11.9 Å². The van der Waals surface area contributed by atoms with E-state index in [1.165, 1.54) is 5.56 Å². The number of amides is 1. The SMILES string of the molecule is CN1CCN(C(=O)CCc2ccc(-c3ccccc3)o2)[C@@H](c2ccccc2)C1. The van der Waals surface area contributed by atoms with E-state index in [0.29, 0.717) is 12.8 Å². The van der Waals surface area contributed by atoms with Gasteiger partial charge in [0.1, 0.15) is 11.5 Å². The second kappa shape index (κ2) is 8.44. The molecule has 1 aliphatic heterocycles. The van der Waals surface area contributed by atoms with Crippen molar-refractivity contribution in [3.63, 3.8) is 0 Å². The molecule has 0 N–H and O–H groups in total. The van der Waals surface area contributed by atoms with E-state index in [4.69, 9.17) is 4.42 Å². The van der Waals surface area contributed by atoms with Crippen LogP contribution in [0.5, 0.6) is 0 Å². The molecule has 144 valence electrons. The van der Waals surface area contributed by atoms with Crippen LogP contribution in [-0.2, 0) is 11.2 Å². The molecule has 1 saturated heterocycles. The first-order valence-corrected chi connectivity index (χ1v) is 9.88. The fraction of sp³-hybridized carbons (Fsp3) is 0.292. The van der Waals surface area contributed by atoms with Crippen LogP contribution in [0.25, 0.3) is 11.3 Å². The van der Waals surface area contributed by atoms with Crippen molar-refractivity contribution in [1.82, 2.24) is 9.80 Å². The molecule has 4 rings (SSSR count). The molecule has 0 saturated carbocycles. The van der Waals surface area contributed by atoms with Crippen molar-refractivity contribution in [2.24, 2.45) is 0 Å². The lowest BCUT2D eigenvalue weighted by Crippen LogP contribution is -2.49. The van der Waals surface area contributed by atoms with Gasteiger partial charge in [-0.2, -0.15) is 0 Å². The summed E-state index contributed by atoms with van der Waals surface area (Å²) in [6.07, 6.45) is 1.09. The molecule has 28 heavy (non-hydrogen) atoms. The minimum atomic E-state index is 0.115. The highest BCUT2D eigenvalue weighted by Crippen LogP contribution is 2.27. The molecule has 4 heteroatoms. The Morgan fingerprint density at radius 3 is 2.43 bits per heavy atom. The molecule has 0 spiro atoms. The predicted molar refractivity (Wildman–Crippen MR) is 111 cm³/mol. The molecule has 0 unspecified atom stereocenters. The molecule has 0 bridgehead atoms. The van der Waals surface area contributed by atoms with Crippen LogP contribution in [0, 0.1) is 0 Å². The summed E-state index contributed by atoms with van der Waals surface area (Å²) in [4.78, 5) is 17.3. The fourth-order valence-electron chi connectivity index (χ4n) is 3.82. The number of furan rings is 1. The zero-order valence-electron chi connectivity index (χ0n) is 16.3. The first-order valence-electron chi connectivity index (χ1n) is 9.88. The maximum absolute atomic E-state index is 13.0. The van der Waals surface area contributed by atoms with Gasteiger partial charge in [0.15, 0.2) is 0 Å². The number of benzene rings is 2. The number of aryl methyl sites for hydroxylation is 1. The van der Waals surface area contributed by atoms with Gasteiger partial charge in [0.2, 0.25) is 5.91 Å². The summed E-state index contributed by atoms with van der Waals surface area (Å²) < 4.78 is 5.96. The van der Waals surface area contributed by atoms with Crippen LogP contribution >= 0.6 is 0 Å². The monoisotopic (exact) mass is 374 g/mol. The fourth-order valence-corrected chi connectivity index (χ4v) is 3.82. The Kier molecular flexibility index (Phi) is 5.58. The van der Waals surface area contributed by atoms with Crippen LogP contribution in [0.3, 0.4) is 0 Å². The first-order chi connectivity index (χ1) is 13.7. The van der Waals surface area contributed by atoms with E-state index in [1.807, 2.05) is 65.6 Å². The van der Waals surface area contributed by atoms with E-state index in [0.717, 1.165) is 36.7 Å². The van der Waals surface area contributed by atoms with Crippen molar-refractivity contribution in [3.05, 3.63) is 84.1 Å². The van der Waals surface area contributed by atoms with Gasteiger partial charge < -0.3 is 14.2 Å². The third kappa shape index (κ3) is 4.18. The predicted octanol–water partition coefficient (Wildman–Crippen LogP) is 4.39. The minimum Gasteiger partial charge on any atom is -0.461 e. The first kappa shape index (κ1) is 18.5. The largest absolute Gasteiger partial charge is 0.461 e. The number of hydrogen-bond donors (Lipinski definition) is 0. The molecule has 4 nitrogen and oxygen atoms in total. The quantitative estimate of drug-likeness (QED) is 0.664. The Morgan fingerprint density at radius 1 is 0.964 bits per heavy atom. The van der Waals surface area contributed by atoms with Gasteiger partial charge in [-0.05, 0) is 24.7 Å². The van der Waals surface area contributed by atoms with Crippen molar-refractivity contribution in [2.45, 2.75) is 18.9 Å². The van der Waals surface area contributed by atoms with E-state index in [9.17, 15) is 4.79 Å². The Hall–Kier alpha value is -2.85. The zero-order chi connectivity index (χ0) is 19.3. The Labute approximate surface area is 166 Å². The van der Waals surface area contributed by atoms with Gasteiger partial charge in [-0.15, -0.1) is 0 Å². The number of carbonyl (C=O) groups is 1. The van der Waals surface area contributed by atoms with Crippen molar-refractivity contribution in [1.29, 1.82) is 0 Å². The second-order valence-corrected chi connectivity index (χ2v) is 7.41. The van der Waals surface area contributed by atoms with Crippen LogP contribution < -0.4 is 0 Å². The summed E-state index contributed by atoms with van der Waals surface area (Å²) in [5.41, 5.74) is 2.26. The third-order valence-corrected chi connectivity index (χ3v) is 5.39. The maximum Gasteiger partial charge on any atom is 0.223 e. The van der Waals surface area contributed by atoms with Gasteiger partial charge in [-0.3, -0.25) is 4.79 Å². The maximum atomic E-state index is 13.0. The lowest BCUT2D eigenvalue weighted by Gasteiger charge is -2.40. The van der Waals surface area contributed by atoms with Gasteiger partial charge in [-0.1, -0.05) is 60.7 Å². The van der Waals surface area contributed by atoms with E-state index in [2.05, 4.69) is 24.1 Å². The van der Waals surface area contributed by atoms with Crippen molar-refractivity contribution in [2.75, 3.05) is 26.7 Å². The number of likely N-dealkylation sites (N-methyl/N-ethyl adjacent to an activating group) is 1. The lowest BCUT2D eigenvalue weighted by atomic mass is 10.0. The Balaban J connectivity index is 1.42. The molecule has 1 amide bonds. The summed E-state index contributed by atoms with van der Waals surface area (Å²) in [5, 5.41) is 0. The molecule has 0 radical (unpaired) electrons. The van der Waals surface area contributed by atoms with Gasteiger partial charge in [0.05, 0.1) is 6.04 Å².